The molecule has 4 rings (SSSR count). The van der Waals surface area contributed by atoms with Crippen LogP contribution in [0.3, 0.4) is 0 Å². The predicted molar refractivity (Wildman–Crippen MR) is 88.0 cm³/mol. The van der Waals surface area contributed by atoms with Crippen molar-refractivity contribution in [1.82, 2.24) is 4.90 Å². The molecule has 6 heteroatoms. The van der Waals surface area contributed by atoms with Gasteiger partial charge >= 0.3 is 11.9 Å². The maximum Gasteiger partial charge on any atom is 0.336 e. The molecule has 1 aromatic rings. The Morgan fingerprint density at radius 2 is 1.88 bits per heavy atom. The molecular formula is C19H19NO5. The number of nitrogens with zero attached hydrogens (tertiary/aromatic N) is 1. The molecule has 6 nitrogen and oxygen atoms in total. The van der Waals surface area contributed by atoms with E-state index in [9.17, 15) is 14.4 Å². The molecular weight excluding hydrogens is 322 g/mol. The standard InChI is InChI=1S/C19H19NO5/c1-24-17(22)14-13-8-5-9-20(13)19(15(14)18(23)25-2)10-11-6-3-4-7-12(11)16(19)21/h3-4,6-7,13H,5,8-10H2,1-2H3/t13-,19+/m0/s1. The van der Waals surface area contributed by atoms with Crippen LogP contribution in [0.5, 0.6) is 0 Å². The fourth-order valence-electron chi connectivity index (χ4n) is 4.69. The van der Waals surface area contributed by atoms with Crippen molar-refractivity contribution in [2.75, 3.05) is 20.8 Å². The van der Waals surface area contributed by atoms with Crippen LogP contribution in [0.25, 0.3) is 0 Å². The van der Waals surface area contributed by atoms with Gasteiger partial charge in [0.05, 0.1) is 25.4 Å². The van der Waals surface area contributed by atoms with Gasteiger partial charge in [-0.25, -0.2) is 9.59 Å². The summed E-state index contributed by atoms with van der Waals surface area (Å²) in [6, 6.07) is 7.10. The van der Waals surface area contributed by atoms with Crippen LogP contribution >= 0.6 is 0 Å². The van der Waals surface area contributed by atoms with Crippen LogP contribution in [0.4, 0.5) is 0 Å². The molecule has 3 aliphatic rings. The van der Waals surface area contributed by atoms with Crippen molar-refractivity contribution >= 4 is 17.7 Å². The minimum Gasteiger partial charge on any atom is -0.466 e. The zero-order chi connectivity index (χ0) is 17.8. The molecule has 0 bridgehead atoms. The third-order valence-corrected chi connectivity index (χ3v) is 5.64. The van der Waals surface area contributed by atoms with E-state index in [4.69, 9.17) is 9.47 Å². The number of ketones is 1. The average molecular weight is 341 g/mol. The van der Waals surface area contributed by atoms with Crippen LogP contribution in [0.2, 0.25) is 0 Å². The lowest BCUT2D eigenvalue weighted by Gasteiger charge is -2.34. The van der Waals surface area contributed by atoms with Crippen molar-refractivity contribution in [3.05, 3.63) is 46.5 Å². The summed E-state index contributed by atoms with van der Waals surface area (Å²) >= 11 is 0. The second kappa shape index (κ2) is 5.52. The van der Waals surface area contributed by atoms with E-state index in [2.05, 4.69) is 0 Å². The van der Waals surface area contributed by atoms with Crippen LogP contribution in [0.15, 0.2) is 35.4 Å². The summed E-state index contributed by atoms with van der Waals surface area (Å²) in [7, 11) is 2.56. The van der Waals surface area contributed by atoms with Gasteiger partial charge in [-0.2, -0.15) is 0 Å². The van der Waals surface area contributed by atoms with E-state index in [1.807, 2.05) is 23.1 Å². The molecule has 1 aromatic carbocycles. The molecule has 1 aliphatic carbocycles. The van der Waals surface area contributed by atoms with Gasteiger partial charge < -0.3 is 9.47 Å². The van der Waals surface area contributed by atoms with E-state index in [0.717, 1.165) is 18.4 Å². The Labute approximate surface area is 145 Å². The normalized spacial score (nSPS) is 27.6. The lowest BCUT2D eigenvalue weighted by Crippen LogP contribution is -2.53. The van der Waals surface area contributed by atoms with Gasteiger partial charge in [0, 0.05) is 24.6 Å². The maximum absolute atomic E-state index is 13.4. The molecule has 0 saturated carbocycles. The minimum absolute atomic E-state index is 0.130. The summed E-state index contributed by atoms with van der Waals surface area (Å²) in [6.45, 7) is 0.658. The van der Waals surface area contributed by atoms with E-state index in [0.29, 0.717) is 18.5 Å². The van der Waals surface area contributed by atoms with Crippen molar-refractivity contribution in [1.29, 1.82) is 0 Å². The van der Waals surface area contributed by atoms with Gasteiger partial charge in [0.1, 0.15) is 5.54 Å². The number of carbonyl (C=O) groups excluding carboxylic acids is 3. The average Bonchev–Trinajstić information content (AvgIpc) is 3.28. The molecule has 2 atom stereocenters. The van der Waals surface area contributed by atoms with Gasteiger partial charge in [0.15, 0.2) is 5.78 Å². The summed E-state index contributed by atoms with van der Waals surface area (Å²) < 4.78 is 9.91. The van der Waals surface area contributed by atoms with E-state index in [1.165, 1.54) is 14.2 Å². The van der Waals surface area contributed by atoms with Crippen molar-refractivity contribution in [3.8, 4) is 0 Å². The van der Waals surface area contributed by atoms with Crippen molar-refractivity contribution < 1.29 is 23.9 Å². The van der Waals surface area contributed by atoms with E-state index >= 15 is 0 Å². The molecule has 2 aliphatic heterocycles. The van der Waals surface area contributed by atoms with Crippen LogP contribution in [-0.4, -0.2) is 55.0 Å². The van der Waals surface area contributed by atoms with Crippen molar-refractivity contribution in [2.45, 2.75) is 30.8 Å². The summed E-state index contributed by atoms with van der Waals surface area (Å²) in [5.74, 6) is -1.32. The third-order valence-electron chi connectivity index (χ3n) is 5.64. The Kier molecular flexibility index (Phi) is 3.54. The van der Waals surface area contributed by atoms with Gasteiger partial charge in [0.25, 0.3) is 0 Å². The first-order valence-electron chi connectivity index (χ1n) is 8.37. The number of fused-ring (bicyclic) bond motifs is 3. The van der Waals surface area contributed by atoms with Crippen LogP contribution in [0.1, 0.15) is 28.8 Å². The Morgan fingerprint density at radius 1 is 1.16 bits per heavy atom. The first-order valence-corrected chi connectivity index (χ1v) is 8.37. The monoisotopic (exact) mass is 341 g/mol. The second-order valence-corrected chi connectivity index (χ2v) is 6.65. The summed E-state index contributed by atoms with van der Waals surface area (Å²) in [6.07, 6.45) is 1.96. The first-order chi connectivity index (χ1) is 12.1. The zero-order valence-electron chi connectivity index (χ0n) is 14.2. The number of ether oxygens (including phenoxy) is 2. The molecule has 130 valence electrons. The fraction of sp³-hybridized carbons (Fsp3) is 0.421. The van der Waals surface area contributed by atoms with Gasteiger partial charge in [-0.05, 0) is 18.4 Å². The maximum atomic E-state index is 13.4. The summed E-state index contributed by atoms with van der Waals surface area (Å²) in [5.41, 5.74) is 0.800. The Bertz CT molecular complexity index is 827. The minimum atomic E-state index is -1.15. The number of benzene rings is 1. The third kappa shape index (κ3) is 1.91. The lowest BCUT2D eigenvalue weighted by atomic mass is 9.84. The quantitative estimate of drug-likeness (QED) is 0.755. The molecule has 1 saturated heterocycles. The van der Waals surface area contributed by atoms with Crippen molar-refractivity contribution in [3.63, 3.8) is 0 Å². The van der Waals surface area contributed by atoms with Gasteiger partial charge in [-0.1, -0.05) is 24.3 Å². The van der Waals surface area contributed by atoms with E-state index in [1.54, 1.807) is 6.07 Å². The SMILES string of the molecule is COC(=O)C1=C(C(=O)OC)[C@@]2(Cc3ccccc3C2=O)N2CCC[C@@H]12. The molecule has 0 amide bonds. The van der Waals surface area contributed by atoms with Crippen LogP contribution in [-0.2, 0) is 25.5 Å². The second-order valence-electron chi connectivity index (χ2n) is 6.65. The molecule has 0 aromatic heterocycles. The smallest absolute Gasteiger partial charge is 0.336 e. The Balaban J connectivity index is 1.98. The highest BCUT2D eigenvalue weighted by molar-refractivity contribution is 6.18. The first kappa shape index (κ1) is 16.0. The molecule has 2 heterocycles. The number of methoxy groups -OCH3 is 2. The number of hydrogen-bond donors (Lipinski definition) is 0. The molecule has 0 N–H and O–H groups in total. The zero-order valence-corrected chi connectivity index (χ0v) is 14.2. The lowest BCUT2D eigenvalue weighted by molar-refractivity contribution is -0.139. The van der Waals surface area contributed by atoms with Crippen LogP contribution < -0.4 is 0 Å². The molecule has 0 radical (unpaired) electrons. The molecule has 1 spiro atoms. The largest absolute Gasteiger partial charge is 0.466 e. The summed E-state index contributed by atoms with van der Waals surface area (Å²) in [5, 5.41) is 0. The predicted octanol–water partition coefficient (Wildman–Crippen LogP) is 1.28. The Hall–Kier alpha value is -2.47. The van der Waals surface area contributed by atoms with E-state index in [-0.39, 0.29) is 23.0 Å². The number of carbonyl (C=O) groups is 3. The van der Waals surface area contributed by atoms with Gasteiger partial charge in [-0.15, -0.1) is 0 Å². The van der Waals surface area contributed by atoms with Crippen LogP contribution in [0, 0.1) is 0 Å². The highest BCUT2D eigenvalue weighted by Crippen LogP contribution is 2.51. The highest BCUT2D eigenvalue weighted by Gasteiger charge is 2.64. The molecule has 1 fully saturated rings. The van der Waals surface area contributed by atoms with Gasteiger partial charge in [-0.3, -0.25) is 9.69 Å². The number of esters is 2. The van der Waals surface area contributed by atoms with Gasteiger partial charge in [0.2, 0.25) is 0 Å². The highest BCUT2D eigenvalue weighted by atomic mass is 16.5. The Morgan fingerprint density at radius 3 is 2.56 bits per heavy atom. The summed E-state index contributed by atoms with van der Waals surface area (Å²) in [4.78, 5) is 40.6. The fourth-order valence-corrected chi connectivity index (χ4v) is 4.69. The molecule has 25 heavy (non-hydrogen) atoms. The van der Waals surface area contributed by atoms with E-state index < -0.39 is 17.5 Å². The number of hydrogen-bond acceptors (Lipinski definition) is 6. The topological polar surface area (TPSA) is 72.9 Å². The number of rotatable bonds is 2. The molecule has 0 unspecified atom stereocenters. The van der Waals surface area contributed by atoms with Crippen molar-refractivity contribution in [2.24, 2.45) is 0 Å². The number of Topliss-reactive ketones (excluding diaryl/α,β-unsaturated/α-hetero) is 1.